The van der Waals surface area contributed by atoms with Crippen molar-refractivity contribution in [1.82, 2.24) is 10.2 Å². The summed E-state index contributed by atoms with van der Waals surface area (Å²) in [7, 11) is 1.34. The molecule has 5 heteroatoms. The molecule has 0 unspecified atom stereocenters. The molecule has 0 amide bonds. The minimum Gasteiger partial charge on any atom is -0.492 e. The molecule has 19 heavy (non-hydrogen) atoms. The zero-order chi connectivity index (χ0) is 13.5. The number of hydrogen-bond acceptors (Lipinski definition) is 4. The van der Waals surface area contributed by atoms with Gasteiger partial charge in [-0.1, -0.05) is 12.1 Å². The summed E-state index contributed by atoms with van der Waals surface area (Å²) in [5, 5.41) is 3.13. The molecule has 0 spiro atoms. The quantitative estimate of drug-likeness (QED) is 0.840. The Morgan fingerprint density at radius 3 is 2.89 bits per heavy atom. The molecule has 1 fully saturated rings. The fourth-order valence-electron chi connectivity index (χ4n) is 2.14. The van der Waals surface area contributed by atoms with Gasteiger partial charge >= 0.3 is 0 Å². The van der Waals surface area contributed by atoms with E-state index in [-0.39, 0.29) is 0 Å². The molecule has 0 aliphatic carbocycles. The molecule has 0 aromatic heterocycles. The second-order valence-corrected chi connectivity index (χ2v) is 6.41. The number of ether oxygens (including phenoxy) is 1. The number of benzene rings is 1. The van der Waals surface area contributed by atoms with Crippen molar-refractivity contribution in [2.75, 3.05) is 44.8 Å². The monoisotopic (exact) mass is 282 g/mol. The van der Waals surface area contributed by atoms with Crippen LogP contribution in [-0.4, -0.2) is 53.9 Å². The van der Waals surface area contributed by atoms with Crippen molar-refractivity contribution in [1.29, 1.82) is 0 Å². The van der Waals surface area contributed by atoms with Gasteiger partial charge < -0.3 is 10.1 Å². The molecule has 1 heterocycles. The summed E-state index contributed by atoms with van der Waals surface area (Å²) in [5.74, 6) is 2.53. The van der Waals surface area contributed by atoms with Crippen molar-refractivity contribution in [3.8, 4) is 5.75 Å². The SMILES string of the molecule is CNCc1cccc(OCCN2CCS(=O)CC2)c1. The maximum atomic E-state index is 11.3. The summed E-state index contributed by atoms with van der Waals surface area (Å²) in [5.41, 5.74) is 1.23. The Balaban J connectivity index is 1.73. The molecule has 0 bridgehead atoms. The average Bonchev–Trinajstić information content (AvgIpc) is 2.42. The molecule has 1 aliphatic rings. The molecule has 0 radical (unpaired) electrons. The van der Waals surface area contributed by atoms with Gasteiger partial charge in [-0.15, -0.1) is 0 Å². The van der Waals surface area contributed by atoms with Gasteiger partial charge in [0, 0.05) is 48.5 Å². The minimum atomic E-state index is -0.597. The summed E-state index contributed by atoms with van der Waals surface area (Å²) in [6.45, 7) is 4.31. The molecule has 0 saturated carbocycles. The summed E-state index contributed by atoms with van der Waals surface area (Å²) in [4.78, 5) is 2.32. The van der Waals surface area contributed by atoms with Gasteiger partial charge in [0.15, 0.2) is 0 Å². The van der Waals surface area contributed by atoms with Crippen LogP contribution in [0.15, 0.2) is 24.3 Å². The van der Waals surface area contributed by atoms with Crippen molar-refractivity contribution in [2.24, 2.45) is 0 Å². The lowest BCUT2D eigenvalue weighted by Crippen LogP contribution is -2.39. The predicted molar refractivity (Wildman–Crippen MR) is 79.0 cm³/mol. The second kappa shape index (κ2) is 7.62. The highest BCUT2D eigenvalue weighted by molar-refractivity contribution is 7.85. The molecule has 1 saturated heterocycles. The summed E-state index contributed by atoms with van der Waals surface area (Å²) < 4.78 is 17.0. The summed E-state index contributed by atoms with van der Waals surface area (Å²) in [6.07, 6.45) is 0. The highest BCUT2D eigenvalue weighted by atomic mass is 32.2. The van der Waals surface area contributed by atoms with Crippen LogP contribution in [-0.2, 0) is 17.3 Å². The molecule has 1 aromatic carbocycles. The fraction of sp³-hybridized carbons (Fsp3) is 0.571. The predicted octanol–water partition coefficient (Wildman–Crippen LogP) is 0.849. The van der Waals surface area contributed by atoms with Crippen molar-refractivity contribution >= 4 is 10.8 Å². The Morgan fingerprint density at radius 2 is 2.16 bits per heavy atom. The van der Waals surface area contributed by atoms with Crippen LogP contribution in [0, 0.1) is 0 Å². The van der Waals surface area contributed by atoms with Crippen LogP contribution in [0.5, 0.6) is 5.75 Å². The van der Waals surface area contributed by atoms with Crippen LogP contribution in [0.3, 0.4) is 0 Å². The van der Waals surface area contributed by atoms with Crippen molar-refractivity contribution < 1.29 is 8.95 Å². The number of hydrogen-bond donors (Lipinski definition) is 1. The van der Waals surface area contributed by atoms with Gasteiger partial charge in [0.2, 0.25) is 0 Å². The first-order valence-corrected chi connectivity index (χ1v) is 8.20. The zero-order valence-corrected chi connectivity index (χ0v) is 12.2. The Bertz CT molecular complexity index is 416. The molecule has 4 nitrogen and oxygen atoms in total. The minimum absolute atomic E-state index is 0.597. The van der Waals surface area contributed by atoms with Gasteiger partial charge in [-0.25, -0.2) is 0 Å². The van der Waals surface area contributed by atoms with E-state index in [4.69, 9.17) is 4.74 Å². The van der Waals surface area contributed by atoms with E-state index in [1.54, 1.807) is 0 Å². The zero-order valence-electron chi connectivity index (χ0n) is 11.4. The maximum Gasteiger partial charge on any atom is 0.119 e. The van der Waals surface area contributed by atoms with Crippen LogP contribution in [0.25, 0.3) is 0 Å². The molecule has 2 rings (SSSR count). The lowest BCUT2D eigenvalue weighted by molar-refractivity contribution is 0.221. The van der Waals surface area contributed by atoms with Gasteiger partial charge in [0.05, 0.1) is 0 Å². The van der Waals surface area contributed by atoms with Crippen LogP contribution >= 0.6 is 0 Å². The summed E-state index contributed by atoms with van der Waals surface area (Å²) in [6, 6.07) is 8.17. The third-order valence-corrected chi connectivity index (χ3v) is 4.50. The lowest BCUT2D eigenvalue weighted by atomic mass is 10.2. The molecular weight excluding hydrogens is 260 g/mol. The van der Waals surface area contributed by atoms with Gasteiger partial charge in [0.25, 0.3) is 0 Å². The van der Waals surface area contributed by atoms with E-state index in [9.17, 15) is 4.21 Å². The van der Waals surface area contributed by atoms with E-state index in [1.165, 1.54) is 5.56 Å². The Hall–Kier alpha value is -0.910. The molecule has 0 atom stereocenters. The number of rotatable bonds is 6. The van der Waals surface area contributed by atoms with E-state index in [0.29, 0.717) is 6.61 Å². The first-order chi connectivity index (χ1) is 9.28. The van der Waals surface area contributed by atoms with Gasteiger partial charge in [0.1, 0.15) is 12.4 Å². The third-order valence-electron chi connectivity index (χ3n) is 3.23. The van der Waals surface area contributed by atoms with Crippen LogP contribution < -0.4 is 10.1 Å². The standard InChI is InChI=1S/C14H22N2O2S/c1-15-12-13-3-2-4-14(11-13)18-8-5-16-6-9-19(17)10-7-16/h2-4,11,15H,5-10,12H2,1H3. The molecule has 1 aliphatic heterocycles. The van der Waals surface area contributed by atoms with E-state index >= 15 is 0 Å². The van der Waals surface area contributed by atoms with E-state index < -0.39 is 10.8 Å². The first-order valence-electron chi connectivity index (χ1n) is 6.71. The maximum absolute atomic E-state index is 11.3. The first kappa shape index (κ1) is 14.5. The van der Waals surface area contributed by atoms with Crippen LogP contribution in [0.1, 0.15) is 5.56 Å². The van der Waals surface area contributed by atoms with Crippen molar-refractivity contribution in [3.05, 3.63) is 29.8 Å². The van der Waals surface area contributed by atoms with E-state index in [1.807, 2.05) is 19.2 Å². The smallest absolute Gasteiger partial charge is 0.119 e. The fourth-order valence-corrected chi connectivity index (χ4v) is 3.27. The lowest BCUT2D eigenvalue weighted by Gasteiger charge is -2.25. The highest BCUT2D eigenvalue weighted by Gasteiger charge is 2.14. The highest BCUT2D eigenvalue weighted by Crippen LogP contribution is 2.13. The molecule has 1 N–H and O–H groups in total. The molecular formula is C14H22N2O2S. The van der Waals surface area contributed by atoms with Gasteiger partial charge in [-0.2, -0.15) is 0 Å². The Kier molecular flexibility index (Phi) is 5.82. The summed E-state index contributed by atoms with van der Waals surface area (Å²) >= 11 is 0. The topological polar surface area (TPSA) is 41.6 Å². The average molecular weight is 282 g/mol. The normalized spacial score (nSPS) is 17.5. The third kappa shape index (κ3) is 4.93. The van der Waals surface area contributed by atoms with Gasteiger partial charge in [-0.05, 0) is 24.7 Å². The van der Waals surface area contributed by atoms with Crippen molar-refractivity contribution in [2.45, 2.75) is 6.54 Å². The molecule has 1 aromatic rings. The Morgan fingerprint density at radius 1 is 1.37 bits per heavy atom. The van der Waals surface area contributed by atoms with Crippen molar-refractivity contribution in [3.63, 3.8) is 0 Å². The number of nitrogens with zero attached hydrogens (tertiary/aromatic N) is 1. The molecule has 106 valence electrons. The van der Waals surface area contributed by atoms with Gasteiger partial charge in [-0.3, -0.25) is 9.11 Å². The second-order valence-electron chi connectivity index (χ2n) is 4.72. The largest absolute Gasteiger partial charge is 0.492 e. The Labute approximate surface area is 117 Å². The van der Waals surface area contributed by atoms with E-state index in [2.05, 4.69) is 22.3 Å². The van der Waals surface area contributed by atoms with Crippen LogP contribution in [0.2, 0.25) is 0 Å². The van der Waals surface area contributed by atoms with Crippen LogP contribution in [0.4, 0.5) is 0 Å². The number of nitrogens with one attached hydrogen (secondary N) is 1. The van der Waals surface area contributed by atoms with E-state index in [0.717, 1.165) is 43.4 Å².